The Kier molecular flexibility index (Phi) is 5.55. The lowest BCUT2D eigenvalue weighted by Crippen LogP contribution is -2.33. The number of methoxy groups -OCH3 is 1. The average molecular weight is 331 g/mol. The first-order valence-electron chi connectivity index (χ1n) is 5.36. The fraction of sp³-hybridized carbons (Fsp3) is 0.333. The first kappa shape index (κ1) is 14.9. The summed E-state index contributed by atoms with van der Waals surface area (Å²) < 4.78 is 6.01. The van der Waals surface area contributed by atoms with Gasteiger partial charge < -0.3 is 15.8 Å². The van der Waals surface area contributed by atoms with Crippen molar-refractivity contribution in [2.75, 3.05) is 13.7 Å². The smallest absolute Gasteiger partial charge is 0.255 e. The van der Waals surface area contributed by atoms with E-state index in [-0.39, 0.29) is 11.8 Å². The minimum atomic E-state index is -0.206. The Hall–Kier alpha value is -1.14. The summed E-state index contributed by atoms with van der Waals surface area (Å²) in [5.74, 6) is 0.276. The Balaban J connectivity index is 2.75. The fourth-order valence-corrected chi connectivity index (χ4v) is 1.72. The second kappa shape index (κ2) is 6.70. The normalized spacial score (nSPS) is 11.7. The molecule has 1 amide bonds. The maximum absolute atomic E-state index is 12.0. The van der Waals surface area contributed by atoms with E-state index in [1.165, 1.54) is 7.11 Å². The largest absolute Gasteiger partial charge is 0.496 e. The Morgan fingerprint density at radius 1 is 1.61 bits per heavy atom. The number of benzene rings is 1. The van der Waals surface area contributed by atoms with Crippen molar-refractivity contribution in [3.63, 3.8) is 0 Å². The summed E-state index contributed by atoms with van der Waals surface area (Å²) >= 11 is 8.17. The highest BCUT2D eigenvalue weighted by molar-refractivity contribution is 9.10. The highest BCUT2D eigenvalue weighted by atomic mass is 79.9. The molecule has 1 aromatic carbocycles. The number of thiocarbonyl (C=S) groups is 1. The quantitative estimate of drug-likeness (QED) is 0.811. The fourth-order valence-electron chi connectivity index (χ4n) is 1.29. The van der Waals surface area contributed by atoms with E-state index in [0.717, 1.165) is 4.47 Å². The van der Waals surface area contributed by atoms with Crippen LogP contribution in [0.15, 0.2) is 22.7 Å². The number of rotatable bonds is 5. The Labute approximate surface area is 120 Å². The predicted octanol–water partition coefficient (Wildman–Crippen LogP) is 2.11. The van der Waals surface area contributed by atoms with Crippen LogP contribution in [0.3, 0.4) is 0 Å². The lowest BCUT2D eigenvalue weighted by atomic mass is 10.1. The molecule has 0 aromatic heterocycles. The standard InChI is InChI=1S/C12H15BrN2O2S/c1-7(11(14)18)6-15-12(16)9-4-3-8(13)5-10(9)17-2/h3-5,7H,6H2,1-2H3,(H2,14,18)(H,15,16). The molecule has 1 rings (SSSR count). The summed E-state index contributed by atoms with van der Waals surface area (Å²) in [6.45, 7) is 2.27. The van der Waals surface area contributed by atoms with Crippen molar-refractivity contribution in [3.8, 4) is 5.75 Å². The van der Waals surface area contributed by atoms with Gasteiger partial charge in [-0.25, -0.2) is 0 Å². The summed E-state index contributed by atoms with van der Waals surface area (Å²) in [4.78, 5) is 12.4. The van der Waals surface area contributed by atoms with E-state index in [2.05, 4.69) is 21.2 Å². The maximum atomic E-state index is 12.0. The van der Waals surface area contributed by atoms with Crippen LogP contribution in [0, 0.1) is 5.92 Å². The number of carbonyl (C=O) groups excluding carboxylic acids is 1. The molecule has 1 unspecified atom stereocenters. The van der Waals surface area contributed by atoms with Crippen molar-refractivity contribution in [3.05, 3.63) is 28.2 Å². The van der Waals surface area contributed by atoms with Crippen LogP contribution in [0.5, 0.6) is 5.75 Å². The predicted molar refractivity (Wildman–Crippen MR) is 79.0 cm³/mol. The number of hydrogen-bond donors (Lipinski definition) is 2. The third kappa shape index (κ3) is 3.96. The minimum absolute atomic E-state index is 0.0367. The summed E-state index contributed by atoms with van der Waals surface area (Å²) in [6.07, 6.45) is 0. The van der Waals surface area contributed by atoms with E-state index in [1.54, 1.807) is 18.2 Å². The number of ether oxygens (including phenoxy) is 1. The molecule has 4 nitrogen and oxygen atoms in total. The molecule has 0 radical (unpaired) electrons. The molecule has 18 heavy (non-hydrogen) atoms. The molecule has 1 aromatic rings. The zero-order valence-electron chi connectivity index (χ0n) is 10.2. The van der Waals surface area contributed by atoms with Gasteiger partial charge in [0.2, 0.25) is 0 Å². The SMILES string of the molecule is COc1cc(Br)ccc1C(=O)NCC(C)C(N)=S. The first-order chi connectivity index (χ1) is 8.45. The van der Waals surface area contributed by atoms with Crippen LogP contribution < -0.4 is 15.8 Å². The number of hydrogen-bond acceptors (Lipinski definition) is 3. The van der Waals surface area contributed by atoms with Gasteiger partial charge in [0.05, 0.1) is 17.7 Å². The molecule has 1 atom stereocenters. The maximum Gasteiger partial charge on any atom is 0.255 e. The monoisotopic (exact) mass is 330 g/mol. The lowest BCUT2D eigenvalue weighted by molar-refractivity contribution is 0.0948. The topological polar surface area (TPSA) is 64.3 Å². The molecule has 0 spiro atoms. The molecule has 0 heterocycles. The number of halogens is 1. The number of nitrogens with two attached hydrogens (primary N) is 1. The van der Waals surface area contributed by atoms with Crippen LogP contribution in [-0.2, 0) is 0 Å². The Bertz CT molecular complexity index is 465. The van der Waals surface area contributed by atoms with Crippen LogP contribution in [0.1, 0.15) is 17.3 Å². The van der Waals surface area contributed by atoms with Crippen molar-refractivity contribution >= 4 is 39.0 Å². The summed E-state index contributed by atoms with van der Waals surface area (Å²) in [6, 6.07) is 5.23. The van der Waals surface area contributed by atoms with Gasteiger partial charge in [-0.15, -0.1) is 0 Å². The summed E-state index contributed by atoms with van der Waals surface area (Å²) in [5, 5.41) is 2.77. The molecule has 0 saturated heterocycles. The molecular formula is C12H15BrN2O2S. The van der Waals surface area contributed by atoms with Crippen LogP contribution >= 0.6 is 28.1 Å². The van der Waals surface area contributed by atoms with Crippen molar-refractivity contribution in [2.24, 2.45) is 11.7 Å². The van der Waals surface area contributed by atoms with Crippen molar-refractivity contribution in [1.29, 1.82) is 0 Å². The molecule has 0 aliphatic carbocycles. The van der Waals surface area contributed by atoms with E-state index in [9.17, 15) is 4.79 Å². The van der Waals surface area contributed by atoms with Crippen LogP contribution in [0.2, 0.25) is 0 Å². The van der Waals surface area contributed by atoms with Gasteiger partial charge >= 0.3 is 0 Å². The van der Waals surface area contributed by atoms with Gasteiger partial charge in [0.1, 0.15) is 5.75 Å². The van der Waals surface area contributed by atoms with E-state index in [0.29, 0.717) is 22.8 Å². The van der Waals surface area contributed by atoms with Gasteiger partial charge in [-0.3, -0.25) is 4.79 Å². The third-order valence-electron chi connectivity index (χ3n) is 2.46. The first-order valence-corrected chi connectivity index (χ1v) is 6.57. The molecule has 0 saturated carbocycles. The van der Waals surface area contributed by atoms with E-state index in [4.69, 9.17) is 22.7 Å². The molecule has 0 aliphatic heterocycles. The average Bonchev–Trinajstić information content (AvgIpc) is 2.34. The second-order valence-electron chi connectivity index (χ2n) is 3.86. The highest BCUT2D eigenvalue weighted by Crippen LogP contribution is 2.23. The second-order valence-corrected chi connectivity index (χ2v) is 5.25. The number of nitrogens with one attached hydrogen (secondary N) is 1. The van der Waals surface area contributed by atoms with Gasteiger partial charge in [-0.2, -0.15) is 0 Å². The molecule has 98 valence electrons. The minimum Gasteiger partial charge on any atom is -0.496 e. The van der Waals surface area contributed by atoms with E-state index in [1.807, 2.05) is 6.92 Å². The third-order valence-corrected chi connectivity index (χ3v) is 3.36. The van der Waals surface area contributed by atoms with Gasteiger partial charge in [0.15, 0.2) is 0 Å². The zero-order chi connectivity index (χ0) is 13.7. The molecule has 3 N–H and O–H groups in total. The highest BCUT2D eigenvalue weighted by Gasteiger charge is 2.14. The van der Waals surface area contributed by atoms with Crippen LogP contribution in [0.4, 0.5) is 0 Å². The van der Waals surface area contributed by atoms with Gasteiger partial charge in [0.25, 0.3) is 5.91 Å². The van der Waals surface area contributed by atoms with Crippen LogP contribution in [-0.4, -0.2) is 24.6 Å². The molecule has 0 bridgehead atoms. The molecule has 0 fully saturated rings. The van der Waals surface area contributed by atoms with Gasteiger partial charge in [-0.05, 0) is 18.2 Å². The van der Waals surface area contributed by atoms with Crippen molar-refractivity contribution < 1.29 is 9.53 Å². The molecular weight excluding hydrogens is 316 g/mol. The van der Waals surface area contributed by atoms with Crippen molar-refractivity contribution in [1.82, 2.24) is 5.32 Å². The lowest BCUT2D eigenvalue weighted by Gasteiger charge is -2.12. The summed E-state index contributed by atoms with van der Waals surface area (Å²) in [5.41, 5.74) is 5.97. The number of carbonyl (C=O) groups is 1. The van der Waals surface area contributed by atoms with Gasteiger partial charge in [0, 0.05) is 16.9 Å². The summed E-state index contributed by atoms with van der Waals surface area (Å²) in [7, 11) is 1.52. The molecule has 0 aliphatic rings. The molecule has 6 heteroatoms. The van der Waals surface area contributed by atoms with Crippen molar-refractivity contribution in [2.45, 2.75) is 6.92 Å². The van der Waals surface area contributed by atoms with E-state index >= 15 is 0 Å². The van der Waals surface area contributed by atoms with Gasteiger partial charge in [-0.1, -0.05) is 35.1 Å². The van der Waals surface area contributed by atoms with Crippen LogP contribution in [0.25, 0.3) is 0 Å². The zero-order valence-corrected chi connectivity index (χ0v) is 12.6. The Morgan fingerprint density at radius 3 is 2.83 bits per heavy atom. The van der Waals surface area contributed by atoms with E-state index < -0.39 is 0 Å². The number of amides is 1. The Morgan fingerprint density at radius 2 is 2.28 bits per heavy atom.